The summed E-state index contributed by atoms with van der Waals surface area (Å²) in [7, 11) is 1.53. The highest BCUT2D eigenvalue weighted by molar-refractivity contribution is 7.19. The summed E-state index contributed by atoms with van der Waals surface area (Å²) in [4.78, 5) is 30.1. The van der Waals surface area contributed by atoms with Crippen molar-refractivity contribution in [3.8, 4) is 17.0 Å². The number of methoxy groups -OCH3 is 1. The van der Waals surface area contributed by atoms with E-state index in [0.29, 0.717) is 32.2 Å². The van der Waals surface area contributed by atoms with Crippen LogP contribution in [0.5, 0.6) is 5.75 Å². The summed E-state index contributed by atoms with van der Waals surface area (Å²) in [6, 6.07) is 14.0. The number of carbonyl (C=O) groups is 1. The van der Waals surface area contributed by atoms with Crippen molar-refractivity contribution in [1.82, 2.24) is 14.8 Å². The molecule has 2 heterocycles. The van der Waals surface area contributed by atoms with Crippen LogP contribution in [0.4, 0.5) is 0 Å². The maximum atomic E-state index is 12.9. The number of ketones is 1. The van der Waals surface area contributed by atoms with Gasteiger partial charge in [0.2, 0.25) is 0 Å². The summed E-state index contributed by atoms with van der Waals surface area (Å²) in [5, 5.41) is 5.86. The van der Waals surface area contributed by atoms with E-state index in [1.54, 1.807) is 36.4 Å². The highest BCUT2D eigenvalue weighted by Crippen LogP contribution is 2.30. The molecule has 0 fully saturated rings. The zero-order chi connectivity index (χ0) is 20.5. The molecular formula is C21H16ClN3O3S. The minimum atomic E-state index is -0.390. The lowest BCUT2D eigenvalue weighted by molar-refractivity contribution is 0.0965. The second-order valence-electron chi connectivity index (χ2n) is 6.38. The quantitative estimate of drug-likeness (QED) is 0.444. The topological polar surface area (TPSA) is 74.1 Å². The first kappa shape index (κ1) is 19.3. The van der Waals surface area contributed by atoms with Gasteiger partial charge in [0, 0.05) is 16.1 Å². The summed E-state index contributed by atoms with van der Waals surface area (Å²) in [5.41, 5.74) is 1.76. The molecule has 0 bridgehead atoms. The van der Waals surface area contributed by atoms with Gasteiger partial charge < -0.3 is 4.74 Å². The van der Waals surface area contributed by atoms with Crippen molar-refractivity contribution < 1.29 is 9.53 Å². The molecule has 0 amide bonds. The standard InChI is InChI=1S/C21H16ClN3O3S/c1-12-23-19-20(29-12)18(13-6-8-15(22)9-7-13)24-25(21(19)27)11-17(26)14-4-3-5-16(10-14)28-2/h3-10H,11H2,1-2H3. The number of ether oxygens (including phenoxy) is 1. The smallest absolute Gasteiger partial charge is 0.294 e. The van der Waals surface area contributed by atoms with Crippen LogP contribution in [0.2, 0.25) is 5.02 Å². The number of rotatable bonds is 5. The number of aryl methyl sites for hydroxylation is 1. The fourth-order valence-corrected chi connectivity index (χ4v) is 4.04. The molecule has 2 aromatic carbocycles. The van der Waals surface area contributed by atoms with Crippen molar-refractivity contribution in [3.63, 3.8) is 0 Å². The third-order valence-electron chi connectivity index (χ3n) is 4.41. The van der Waals surface area contributed by atoms with E-state index >= 15 is 0 Å². The summed E-state index contributed by atoms with van der Waals surface area (Å²) in [5.74, 6) is 0.329. The van der Waals surface area contributed by atoms with E-state index in [-0.39, 0.29) is 12.3 Å². The molecule has 0 spiro atoms. The Labute approximate surface area is 175 Å². The van der Waals surface area contributed by atoms with E-state index in [9.17, 15) is 9.59 Å². The lowest BCUT2D eigenvalue weighted by Gasteiger charge is -2.09. The molecule has 0 atom stereocenters. The summed E-state index contributed by atoms with van der Waals surface area (Å²) >= 11 is 7.40. The molecule has 6 nitrogen and oxygen atoms in total. The van der Waals surface area contributed by atoms with Gasteiger partial charge in [0.25, 0.3) is 5.56 Å². The Morgan fingerprint density at radius 2 is 1.97 bits per heavy atom. The minimum Gasteiger partial charge on any atom is -0.497 e. The van der Waals surface area contributed by atoms with E-state index in [4.69, 9.17) is 16.3 Å². The summed E-state index contributed by atoms with van der Waals surface area (Å²) in [6.45, 7) is 1.64. The first-order chi connectivity index (χ1) is 14.0. The Morgan fingerprint density at radius 3 is 2.69 bits per heavy atom. The molecule has 29 heavy (non-hydrogen) atoms. The molecule has 8 heteroatoms. The number of hydrogen-bond acceptors (Lipinski definition) is 6. The Kier molecular flexibility index (Phi) is 5.17. The number of carbonyl (C=O) groups excluding carboxylic acids is 1. The van der Waals surface area contributed by atoms with Crippen LogP contribution in [-0.2, 0) is 6.54 Å². The largest absolute Gasteiger partial charge is 0.497 e. The second-order valence-corrected chi connectivity index (χ2v) is 8.02. The zero-order valence-electron chi connectivity index (χ0n) is 15.7. The summed E-state index contributed by atoms with van der Waals surface area (Å²) < 4.78 is 7.04. The van der Waals surface area contributed by atoms with Crippen molar-refractivity contribution in [2.45, 2.75) is 13.5 Å². The Bertz CT molecular complexity index is 1280. The third-order valence-corrected chi connectivity index (χ3v) is 5.64. The molecular weight excluding hydrogens is 410 g/mol. The first-order valence-corrected chi connectivity index (χ1v) is 9.97. The average Bonchev–Trinajstić information content (AvgIpc) is 3.12. The highest BCUT2D eigenvalue weighted by atomic mass is 35.5. The first-order valence-electron chi connectivity index (χ1n) is 8.77. The van der Waals surface area contributed by atoms with Crippen LogP contribution in [-0.4, -0.2) is 27.7 Å². The monoisotopic (exact) mass is 425 g/mol. The van der Waals surface area contributed by atoms with Gasteiger partial charge in [-0.1, -0.05) is 35.9 Å². The SMILES string of the molecule is COc1cccc(C(=O)Cn2nc(-c3ccc(Cl)cc3)c3sc(C)nc3c2=O)c1. The fraction of sp³-hybridized carbons (Fsp3) is 0.143. The maximum absolute atomic E-state index is 12.9. The Hall–Kier alpha value is -3.03. The van der Waals surface area contributed by atoms with E-state index < -0.39 is 5.56 Å². The van der Waals surface area contributed by atoms with Crippen LogP contribution >= 0.6 is 22.9 Å². The van der Waals surface area contributed by atoms with Gasteiger partial charge >= 0.3 is 0 Å². The van der Waals surface area contributed by atoms with Crippen molar-refractivity contribution in [2.24, 2.45) is 0 Å². The van der Waals surface area contributed by atoms with Gasteiger partial charge in [-0.2, -0.15) is 5.10 Å². The van der Waals surface area contributed by atoms with Crippen molar-refractivity contribution in [3.05, 3.63) is 74.5 Å². The fourth-order valence-electron chi connectivity index (χ4n) is 2.99. The normalized spacial score (nSPS) is 11.0. The lowest BCUT2D eigenvalue weighted by Crippen LogP contribution is -2.27. The van der Waals surface area contributed by atoms with Crippen LogP contribution in [0.3, 0.4) is 0 Å². The van der Waals surface area contributed by atoms with Crippen LogP contribution in [0, 0.1) is 6.92 Å². The molecule has 4 aromatic rings. The molecule has 0 aliphatic carbocycles. The van der Waals surface area contributed by atoms with Crippen molar-refractivity contribution >= 4 is 38.9 Å². The summed E-state index contributed by atoms with van der Waals surface area (Å²) in [6.07, 6.45) is 0. The Morgan fingerprint density at radius 1 is 1.21 bits per heavy atom. The molecule has 146 valence electrons. The highest BCUT2D eigenvalue weighted by Gasteiger charge is 2.18. The minimum absolute atomic E-state index is 0.195. The van der Waals surface area contributed by atoms with Gasteiger partial charge in [-0.25, -0.2) is 9.67 Å². The second kappa shape index (κ2) is 7.77. The number of fused-ring (bicyclic) bond motifs is 1. The van der Waals surface area contributed by atoms with Crippen LogP contribution in [0.1, 0.15) is 15.4 Å². The number of aromatic nitrogens is 3. The third kappa shape index (κ3) is 3.79. The predicted molar refractivity (Wildman–Crippen MR) is 114 cm³/mol. The number of thiazole rings is 1. The number of benzene rings is 2. The molecule has 0 radical (unpaired) electrons. The average molecular weight is 426 g/mol. The molecule has 2 aromatic heterocycles. The van der Waals surface area contributed by atoms with Gasteiger partial charge in [0.15, 0.2) is 11.3 Å². The molecule has 0 aliphatic rings. The predicted octanol–water partition coefficient (Wildman–Crippen LogP) is 4.37. The van der Waals surface area contributed by atoms with Gasteiger partial charge in [-0.15, -0.1) is 11.3 Å². The Balaban J connectivity index is 1.82. The van der Waals surface area contributed by atoms with Gasteiger partial charge in [0.1, 0.15) is 18.0 Å². The van der Waals surface area contributed by atoms with Crippen LogP contribution in [0.25, 0.3) is 21.5 Å². The molecule has 0 saturated carbocycles. The number of hydrogen-bond donors (Lipinski definition) is 0. The van der Waals surface area contributed by atoms with E-state index in [1.165, 1.54) is 23.1 Å². The molecule has 0 unspecified atom stereocenters. The van der Waals surface area contributed by atoms with E-state index in [2.05, 4.69) is 10.1 Å². The van der Waals surface area contributed by atoms with Gasteiger partial charge in [-0.05, 0) is 31.2 Å². The van der Waals surface area contributed by atoms with E-state index in [0.717, 1.165) is 10.6 Å². The number of halogens is 1. The van der Waals surface area contributed by atoms with Gasteiger partial charge in [0.05, 0.1) is 16.8 Å². The zero-order valence-corrected chi connectivity index (χ0v) is 17.3. The molecule has 0 saturated heterocycles. The van der Waals surface area contributed by atoms with Crippen LogP contribution in [0.15, 0.2) is 53.3 Å². The molecule has 0 N–H and O–H groups in total. The molecule has 0 aliphatic heterocycles. The van der Waals surface area contributed by atoms with Crippen molar-refractivity contribution in [1.29, 1.82) is 0 Å². The maximum Gasteiger partial charge on any atom is 0.294 e. The number of nitrogens with zero attached hydrogens (tertiary/aromatic N) is 3. The lowest BCUT2D eigenvalue weighted by atomic mass is 10.1. The van der Waals surface area contributed by atoms with E-state index in [1.807, 2.05) is 19.1 Å². The molecule has 4 rings (SSSR count). The number of Topliss-reactive ketones (excluding diaryl/α,β-unsaturated/α-hetero) is 1. The van der Waals surface area contributed by atoms with Crippen molar-refractivity contribution in [2.75, 3.05) is 7.11 Å². The van der Waals surface area contributed by atoms with Gasteiger partial charge in [-0.3, -0.25) is 9.59 Å². The van der Waals surface area contributed by atoms with Crippen LogP contribution < -0.4 is 10.3 Å².